The Bertz CT molecular complexity index is 1150. The Labute approximate surface area is 191 Å². The van der Waals surface area contributed by atoms with Gasteiger partial charge in [-0.2, -0.15) is 0 Å². The Balaban J connectivity index is 1.96. The van der Waals surface area contributed by atoms with E-state index in [0.717, 1.165) is 0 Å². The van der Waals surface area contributed by atoms with E-state index in [-0.39, 0.29) is 6.54 Å². The highest BCUT2D eigenvalue weighted by atomic mass is 35.5. The van der Waals surface area contributed by atoms with Gasteiger partial charge in [0.2, 0.25) is 10.0 Å². The van der Waals surface area contributed by atoms with E-state index in [9.17, 15) is 8.42 Å². The molecule has 30 heavy (non-hydrogen) atoms. The lowest BCUT2D eigenvalue weighted by Gasteiger charge is -2.14. The van der Waals surface area contributed by atoms with E-state index >= 15 is 0 Å². The number of aryl methyl sites for hydroxylation is 1. The lowest BCUT2D eigenvalue weighted by Crippen LogP contribution is -2.31. The second-order valence-electron chi connectivity index (χ2n) is 6.96. The molecule has 2 aromatic carbocycles. The number of halogens is 2. The summed E-state index contributed by atoms with van der Waals surface area (Å²) in [6, 6.07) is 13.2. The first-order chi connectivity index (χ1) is 14.2. The van der Waals surface area contributed by atoms with Crippen molar-refractivity contribution in [3.05, 3.63) is 69.5 Å². The molecule has 0 aliphatic rings. The summed E-state index contributed by atoms with van der Waals surface area (Å²) in [5.74, 6) is 1.13. The van der Waals surface area contributed by atoms with Crippen LogP contribution in [0.1, 0.15) is 30.8 Å². The van der Waals surface area contributed by atoms with Crippen LogP contribution in [0.5, 0.6) is 0 Å². The topological polar surface area (TPSA) is 76.9 Å². The predicted octanol–water partition coefficient (Wildman–Crippen LogP) is 5.00. The van der Waals surface area contributed by atoms with Gasteiger partial charge < -0.3 is 0 Å². The third-order valence-electron chi connectivity index (χ3n) is 4.52. The van der Waals surface area contributed by atoms with Crippen molar-refractivity contribution in [1.82, 2.24) is 19.5 Å². The van der Waals surface area contributed by atoms with Gasteiger partial charge in [-0.05, 0) is 50.1 Å². The molecule has 0 saturated heterocycles. The second-order valence-corrected chi connectivity index (χ2v) is 11.1. The van der Waals surface area contributed by atoms with Crippen LogP contribution in [0.3, 0.4) is 0 Å². The minimum atomic E-state index is -3.46. The normalized spacial score (nSPS) is 11.9. The van der Waals surface area contributed by atoms with Crippen LogP contribution in [-0.4, -0.2) is 28.4 Å². The van der Waals surface area contributed by atoms with Crippen molar-refractivity contribution in [3.63, 3.8) is 0 Å². The minimum Gasteiger partial charge on any atom is -0.271 e. The maximum atomic E-state index is 12.2. The zero-order valence-electron chi connectivity index (χ0n) is 16.8. The van der Waals surface area contributed by atoms with Crippen LogP contribution < -0.4 is 4.72 Å². The van der Waals surface area contributed by atoms with E-state index in [4.69, 9.17) is 23.2 Å². The summed E-state index contributed by atoms with van der Waals surface area (Å²) in [5, 5.41) is 9.51. The SMILES string of the molecule is Cc1ccccc1CSc1nnc(CNS(=O)(=O)C(C)C)n1-c1ccc(Cl)cc1Cl. The van der Waals surface area contributed by atoms with Crippen molar-refractivity contribution in [2.45, 2.75) is 43.5 Å². The average Bonchev–Trinajstić information content (AvgIpc) is 3.08. The van der Waals surface area contributed by atoms with Crippen LogP contribution in [-0.2, 0) is 22.3 Å². The molecule has 10 heteroatoms. The number of nitrogens with one attached hydrogen (secondary N) is 1. The third kappa shape index (κ3) is 5.36. The maximum absolute atomic E-state index is 12.2. The first kappa shape index (κ1) is 23.1. The summed E-state index contributed by atoms with van der Waals surface area (Å²) >= 11 is 14.0. The molecule has 0 spiro atoms. The zero-order chi connectivity index (χ0) is 21.9. The molecule has 1 heterocycles. The number of rotatable bonds is 8. The van der Waals surface area contributed by atoms with Crippen molar-refractivity contribution < 1.29 is 8.42 Å². The number of nitrogens with zero attached hydrogens (tertiary/aromatic N) is 3. The van der Waals surface area contributed by atoms with Crippen molar-refractivity contribution >= 4 is 45.0 Å². The average molecular weight is 485 g/mol. The fourth-order valence-electron chi connectivity index (χ4n) is 2.66. The van der Waals surface area contributed by atoms with Gasteiger partial charge in [0.1, 0.15) is 0 Å². The Morgan fingerprint density at radius 3 is 2.53 bits per heavy atom. The Kier molecular flexibility index (Phi) is 7.47. The molecule has 0 aliphatic carbocycles. The van der Waals surface area contributed by atoms with E-state index < -0.39 is 15.3 Å². The molecule has 3 aromatic rings. The Morgan fingerprint density at radius 2 is 1.87 bits per heavy atom. The van der Waals surface area contributed by atoms with Gasteiger partial charge in [-0.25, -0.2) is 13.1 Å². The maximum Gasteiger partial charge on any atom is 0.214 e. The molecule has 160 valence electrons. The van der Waals surface area contributed by atoms with Gasteiger partial charge in [0.05, 0.1) is 22.5 Å². The van der Waals surface area contributed by atoms with Crippen molar-refractivity contribution in [1.29, 1.82) is 0 Å². The van der Waals surface area contributed by atoms with E-state index in [2.05, 4.69) is 34.0 Å². The number of sulfonamides is 1. The van der Waals surface area contributed by atoms with Gasteiger partial charge in [0.25, 0.3) is 0 Å². The van der Waals surface area contributed by atoms with Crippen LogP contribution in [0.15, 0.2) is 47.6 Å². The van der Waals surface area contributed by atoms with Gasteiger partial charge in [0.15, 0.2) is 11.0 Å². The molecule has 0 fully saturated rings. The molecule has 0 atom stereocenters. The number of hydrogen-bond donors (Lipinski definition) is 1. The number of benzene rings is 2. The summed E-state index contributed by atoms with van der Waals surface area (Å²) in [6.45, 7) is 5.29. The molecule has 0 bridgehead atoms. The molecular formula is C20H22Cl2N4O2S2. The summed E-state index contributed by atoms with van der Waals surface area (Å²) in [5.41, 5.74) is 3.00. The quantitative estimate of drug-likeness (QED) is 0.455. The van der Waals surface area contributed by atoms with Gasteiger partial charge in [-0.15, -0.1) is 10.2 Å². The highest BCUT2D eigenvalue weighted by Gasteiger charge is 2.21. The first-order valence-electron chi connectivity index (χ1n) is 9.24. The van der Waals surface area contributed by atoms with Crippen LogP contribution in [0.4, 0.5) is 0 Å². The minimum absolute atomic E-state index is 0.00259. The monoisotopic (exact) mass is 484 g/mol. The first-order valence-corrected chi connectivity index (χ1v) is 12.5. The molecule has 1 aromatic heterocycles. The van der Waals surface area contributed by atoms with Crippen LogP contribution in [0.25, 0.3) is 5.69 Å². The summed E-state index contributed by atoms with van der Waals surface area (Å²) < 4.78 is 28.8. The fourth-order valence-corrected chi connectivity index (χ4v) is 4.86. The predicted molar refractivity (Wildman–Crippen MR) is 123 cm³/mol. The standard InChI is InChI=1S/C20H22Cl2N4O2S2/c1-13(2)30(27,28)23-11-19-24-25-20(29-12-15-7-5-4-6-14(15)3)26(19)18-9-8-16(21)10-17(18)22/h4-10,13,23H,11-12H2,1-3H3. The lowest BCUT2D eigenvalue weighted by atomic mass is 10.1. The smallest absolute Gasteiger partial charge is 0.214 e. The van der Waals surface area contributed by atoms with E-state index in [1.807, 2.05) is 12.1 Å². The molecule has 6 nitrogen and oxygen atoms in total. The van der Waals surface area contributed by atoms with E-state index in [0.29, 0.717) is 32.5 Å². The number of thioether (sulfide) groups is 1. The molecule has 0 saturated carbocycles. The van der Waals surface area contributed by atoms with Crippen molar-refractivity contribution in [2.24, 2.45) is 0 Å². The zero-order valence-corrected chi connectivity index (χ0v) is 19.9. The summed E-state index contributed by atoms with van der Waals surface area (Å²) in [6.07, 6.45) is 0. The molecule has 0 aliphatic heterocycles. The Hall–Kier alpha value is -1.58. The molecule has 0 amide bonds. The summed E-state index contributed by atoms with van der Waals surface area (Å²) in [7, 11) is -3.46. The molecule has 0 unspecified atom stereocenters. The van der Waals surface area contributed by atoms with Gasteiger partial charge >= 0.3 is 0 Å². The largest absolute Gasteiger partial charge is 0.271 e. The lowest BCUT2D eigenvalue weighted by molar-refractivity contribution is 0.569. The van der Waals surface area contributed by atoms with Gasteiger partial charge in [-0.1, -0.05) is 59.2 Å². The highest BCUT2D eigenvalue weighted by Crippen LogP contribution is 2.31. The highest BCUT2D eigenvalue weighted by molar-refractivity contribution is 7.98. The van der Waals surface area contributed by atoms with Gasteiger partial charge in [-0.3, -0.25) is 4.57 Å². The van der Waals surface area contributed by atoms with Crippen LogP contribution in [0, 0.1) is 6.92 Å². The summed E-state index contributed by atoms with van der Waals surface area (Å²) in [4.78, 5) is 0. The number of hydrogen-bond acceptors (Lipinski definition) is 5. The van der Waals surface area contributed by atoms with Crippen LogP contribution >= 0.6 is 35.0 Å². The van der Waals surface area contributed by atoms with Gasteiger partial charge in [0, 0.05) is 10.8 Å². The van der Waals surface area contributed by atoms with E-state index in [1.165, 1.54) is 22.9 Å². The third-order valence-corrected chi connectivity index (χ3v) is 7.82. The second kappa shape index (κ2) is 9.70. The Morgan fingerprint density at radius 1 is 1.13 bits per heavy atom. The number of aromatic nitrogens is 3. The van der Waals surface area contributed by atoms with Crippen molar-refractivity contribution in [3.8, 4) is 5.69 Å². The van der Waals surface area contributed by atoms with Crippen molar-refractivity contribution in [2.75, 3.05) is 0 Å². The van der Waals surface area contributed by atoms with E-state index in [1.54, 1.807) is 36.6 Å². The molecule has 1 N–H and O–H groups in total. The molecule has 3 rings (SSSR count). The fraction of sp³-hybridized carbons (Fsp3) is 0.300. The molecule has 0 radical (unpaired) electrons. The van der Waals surface area contributed by atoms with Crippen LogP contribution in [0.2, 0.25) is 10.0 Å². The molecular weight excluding hydrogens is 463 g/mol.